The predicted octanol–water partition coefficient (Wildman–Crippen LogP) is 2.71. The molecular weight excluding hydrogens is 486 g/mol. The molecule has 4 rings (SSSR count). The number of nitrogens with zero attached hydrogens (tertiary/aromatic N) is 4. The fourth-order valence-corrected chi connectivity index (χ4v) is 4.94. The first-order valence-electron chi connectivity index (χ1n) is 13.5. The molecule has 1 aliphatic heterocycles. The molecule has 2 aromatic heterocycles. The fourth-order valence-electron chi connectivity index (χ4n) is 4.94. The second kappa shape index (κ2) is 12.9. The van der Waals surface area contributed by atoms with Crippen molar-refractivity contribution in [3.63, 3.8) is 0 Å². The fraction of sp³-hybridized carbons (Fsp3) is 0.556. The molecule has 0 radical (unpaired) electrons. The Morgan fingerprint density at radius 3 is 2.82 bits per heavy atom. The predicted molar refractivity (Wildman–Crippen MR) is 146 cm³/mol. The topological polar surface area (TPSA) is 151 Å². The van der Waals surface area contributed by atoms with Gasteiger partial charge in [0.1, 0.15) is 5.52 Å². The van der Waals surface area contributed by atoms with Crippen molar-refractivity contribution in [1.29, 1.82) is 0 Å². The van der Waals surface area contributed by atoms with Crippen LogP contribution in [0.3, 0.4) is 0 Å². The summed E-state index contributed by atoms with van der Waals surface area (Å²) in [4.78, 5) is 38.1. The van der Waals surface area contributed by atoms with Crippen molar-refractivity contribution in [2.75, 3.05) is 32.0 Å². The molecule has 0 saturated carbocycles. The summed E-state index contributed by atoms with van der Waals surface area (Å²) in [6.07, 6.45) is 4.69. The number of anilines is 1. The van der Waals surface area contributed by atoms with Crippen molar-refractivity contribution in [2.24, 2.45) is 0 Å². The number of aromatic nitrogens is 4. The van der Waals surface area contributed by atoms with Gasteiger partial charge in [0.05, 0.1) is 12.5 Å². The molecule has 0 aliphatic carbocycles. The average molecular weight is 526 g/mol. The smallest absolute Gasteiger partial charge is 0.327 e. The van der Waals surface area contributed by atoms with Crippen LogP contribution in [-0.2, 0) is 17.9 Å². The average Bonchev–Trinajstić information content (AvgIpc) is 3.24. The van der Waals surface area contributed by atoms with Gasteiger partial charge in [-0.05, 0) is 56.8 Å². The van der Waals surface area contributed by atoms with E-state index in [-0.39, 0.29) is 17.5 Å². The zero-order valence-electron chi connectivity index (χ0n) is 22.3. The summed E-state index contributed by atoms with van der Waals surface area (Å²) in [6.45, 7) is 8.19. The summed E-state index contributed by atoms with van der Waals surface area (Å²) in [5.74, 6) is -1.18. The number of nitrogens with one attached hydrogen (secondary N) is 2. The Kier molecular flexibility index (Phi) is 9.35. The van der Waals surface area contributed by atoms with Gasteiger partial charge in [-0.25, -0.2) is 4.79 Å². The van der Waals surface area contributed by atoms with Gasteiger partial charge in [0.25, 0.3) is 0 Å². The van der Waals surface area contributed by atoms with E-state index >= 15 is 0 Å². The highest BCUT2D eigenvalue weighted by atomic mass is 16.5. The maximum atomic E-state index is 12.8. The number of fused-ring (bicyclic) bond motifs is 1. The summed E-state index contributed by atoms with van der Waals surface area (Å²) in [6, 6.07) is 8.44. The van der Waals surface area contributed by atoms with Gasteiger partial charge >= 0.3 is 17.7 Å². The molecule has 1 atom stereocenters. The normalized spacial score (nSPS) is 15.2. The zero-order valence-corrected chi connectivity index (χ0v) is 22.3. The van der Waals surface area contributed by atoms with Crippen LogP contribution < -0.4 is 21.5 Å². The van der Waals surface area contributed by atoms with E-state index in [9.17, 15) is 14.7 Å². The zero-order chi connectivity index (χ0) is 27.1. The number of nitrogen functional groups attached to an aromatic ring is 1. The molecule has 1 fully saturated rings. The lowest BCUT2D eigenvalue weighted by Crippen LogP contribution is -2.43. The van der Waals surface area contributed by atoms with E-state index in [4.69, 9.17) is 10.5 Å². The van der Waals surface area contributed by atoms with Crippen molar-refractivity contribution in [1.82, 2.24) is 29.7 Å². The lowest BCUT2D eigenvalue weighted by molar-refractivity contribution is -0.138. The molecule has 1 aliphatic rings. The number of aliphatic carboxylic acids is 1. The Morgan fingerprint density at radius 1 is 1.29 bits per heavy atom. The Bertz CT molecular complexity index is 1280. The van der Waals surface area contributed by atoms with E-state index in [1.807, 2.05) is 18.2 Å². The van der Waals surface area contributed by atoms with Gasteiger partial charge in [-0.2, -0.15) is 9.97 Å². The monoisotopic (exact) mass is 525 g/mol. The minimum Gasteiger partial charge on any atom is -0.481 e. The van der Waals surface area contributed by atoms with Crippen molar-refractivity contribution >= 4 is 23.0 Å². The number of aromatic amines is 1. The standard InChI is InChI=1S/C27H39N7O4/c1-3-4-15-38-26-31-23(28)22-24(32-26)34(27(37)30-22)14-6-13-33(21-9-11-29-12-10-21)17-19-7-5-8-20(16-19)18(2)25(35)36/h5,7-8,16,18,21,29H,3-4,6,9-15,17H2,1-2H3,(H,30,37)(H,35,36)(H2,28,31,32). The molecule has 0 spiro atoms. The van der Waals surface area contributed by atoms with Crippen molar-refractivity contribution < 1.29 is 14.6 Å². The van der Waals surface area contributed by atoms with E-state index in [1.54, 1.807) is 11.5 Å². The molecule has 3 aromatic rings. The van der Waals surface area contributed by atoms with Crippen LogP contribution in [0.1, 0.15) is 63.0 Å². The van der Waals surface area contributed by atoms with E-state index < -0.39 is 11.9 Å². The minimum absolute atomic E-state index is 0.183. The Labute approximate surface area is 222 Å². The molecule has 11 nitrogen and oxygen atoms in total. The maximum Gasteiger partial charge on any atom is 0.327 e. The van der Waals surface area contributed by atoms with Gasteiger partial charge in [-0.15, -0.1) is 0 Å². The van der Waals surface area contributed by atoms with Gasteiger partial charge in [0.2, 0.25) is 0 Å². The molecule has 38 heavy (non-hydrogen) atoms. The summed E-state index contributed by atoms with van der Waals surface area (Å²) >= 11 is 0. The first kappa shape index (κ1) is 27.6. The van der Waals surface area contributed by atoms with Crippen LogP contribution in [0.2, 0.25) is 0 Å². The molecule has 1 unspecified atom stereocenters. The molecule has 11 heteroatoms. The van der Waals surface area contributed by atoms with Crippen LogP contribution in [-0.4, -0.2) is 67.8 Å². The number of rotatable bonds is 13. The number of hydrogen-bond donors (Lipinski definition) is 4. The van der Waals surface area contributed by atoms with Crippen LogP contribution in [0.4, 0.5) is 5.82 Å². The molecule has 206 valence electrons. The number of nitrogens with two attached hydrogens (primary N) is 1. The summed E-state index contributed by atoms with van der Waals surface area (Å²) in [5, 5.41) is 12.9. The Balaban J connectivity index is 1.49. The van der Waals surface area contributed by atoms with E-state index in [0.717, 1.165) is 69.4 Å². The largest absolute Gasteiger partial charge is 0.481 e. The second-order valence-electron chi connectivity index (χ2n) is 9.98. The number of H-pyrrole nitrogens is 1. The Hall–Kier alpha value is -3.44. The first-order chi connectivity index (χ1) is 18.4. The van der Waals surface area contributed by atoms with Crippen LogP contribution >= 0.6 is 0 Å². The summed E-state index contributed by atoms with van der Waals surface area (Å²) < 4.78 is 7.25. The number of aryl methyl sites for hydroxylation is 1. The number of unbranched alkanes of at least 4 members (excludes halogenated alkanes) is 1. The number of carbonyl (C=O) groups is 1. The first-order valence-corrected chi connectivity index (χ1v) is 13.5. The third-order valence-electron chi connectivity index (χ3n) is 7.22. The summed E-state index contributed by atoms with van der Waals surface area (Å²) in [7, 11) is 0. The third-order valence-corrected chi connectivity index (χ3v) is 7.22. The highest BCUT2D eigenvalue weighted by molar-refractivity contribution is 5.81. The molecular formula is C27H39N7O4. The Morgan fingerprint density at radius 2 is 2.08 bits per heavy atom. The second-order valence-corrected chi connectivity index (χ2v) is 9.98. The number of ether oxygens (including phenoxy) is 1. The molecule has 0 bridgehead atoms. The highest BCUT2D eigenvalue weighted by Crippen LogP contribution is 2.22. The van der Waals surface area contributed by atoms with Crippen molar-refractivity contribution in [3.8, 4) is 6.01 Å². The number of piperidine rings is 1. The lowest BCUT2D eigenvalue weighted by atomic mass is 9.98. The number of carboxylic acids is 1. The maximum absolute atomic E-state index is 12.8. The van der Waals surface area contributed by atoms with Crippen molar-refractivity contribution in [3.05, 3.63) is 45.9 Å². The van der Waals surface area contributed by atoms with Gasteiger partial charge in [0, 0.05) is 25.7 Å². The number of benzene rings is 1. The lowest BCUT2D eigenvalue weighted by Gasteiger charge is -2.35. The molecule has 3 heterocycles. The van der Waals surface area contributed by atoms with E-state index in [1.165, 1.54) is 0 Å². The molecule has 0 amide bonds. The quantitative estimate of drug-likeness (QED) is 0.247. The van der Waals surface area contributed by atoms with E-state index in [0.29, 0.717) is 30.4 Å². The number of carboxylic acid groups (broad SMARTS) is 1. The SMILES string of the molecule is CCCCOc1nc(N)c2[nH]c(=O)n(CCCN(Cc3cccc(C(C)C(=O)O)c3)C3CCNCC3)c2n1. The highest BCUT2D eigenvalue weighted by Gasteiger charge is 2.22. The van der Waals surface area contributed by atoms with Gasteiger partial charge < -0.3 is 25.9 Å². The van der Waals surface area contributed by atoms with Gasteiger partial charge in [0.15, 0.2) is 11.5 Å². The summed E-state index contributed by atoms with van der Waals surface area (Å²) in [5.41, 5.74) is 8.60. The van der Waals surface area contributed by atoms with E-state index in [2.05, 4.69) is 38.2 Å². The molecule has 5 N–H and O–H groups in total. The van der Waals surface area contributed by atoms with Crippen molar-refractivity contribution in [2.45, 2.75) is 71.0 Å². The van der Waals surface area contributed by atoms with Crippen LogP contribution in [0.15, 0.2) is 29.1 Å². The van der Waals surface area contributed by atoms with Crippen LogP contribution in [0.25, 0.3) is 11.2 Å². The third kappa shape index (κ3) is 6.70. The minimum atomic E-state index is -0.829. The van der Waals surface area contributed by atoms with Crippen LogP contribution in [0.5, 0.6) is 6.01 Å². The van der Waals surface area contributed by atoms with Gasteiger partial charge in [-0.1, -0.05) is 37.6 Å². The molecule has 1 saturated heterocycles. The van der Waals surface area contributed by atoms with Crippen LogP contribution in [0, 0.1) is 0 Å². The molecule has 1 aromatic carbocycles. The number of hydrogen-bond acceptors (Lipinski definition) is 8. The van der Waals surface area contributed by atoms with Gasteiger partial charge in [-0.3, -0.25) is 14.3 Å². The number of imidazole rings is 1.